The van der Waals surface area contributed by atoms with E-state index in [2.05, 4.69) is 10.3 Å². The molecule has 0 aliphatic heterocycles. The molecule has 0 saturated carbocycles. The number of thiocarbonyl (C=S) groups is 1. The number of pyridine rings is 1. The number of aryl methyl sites for hydroxylation is 1. The highest BCUT2D eigenvalue weighted by Crippen LogP contribution is 2.11. The first-order valence-corrected chi connectivity index (χ1v) is 6.32. The second-order valence-electron chi connectivity index (χ2n) is 4.61. The molecule has 0 radical (unpaired) electrons. The van der Waals surface area contributed by atoms with Crippen molar-refractivity contribution in [3.63, 3.8) is 0 Å². The lowest BCUT2D eigenvalue weighted by Crippen LogP contribution is -2.40. The number of nitrogens with two attached hydrogens (primary N) is 1. The van der Waals surface area contributed by atoms with E-state index >= 15 is 0 Å². The van der Waals surface area contributed by atoms with Gasteiger partial charge in [0.1, 0.15) is 0 Å². The van der Waals surface area contributed by atoms with Crippen molar-refractivity contribution in [3.8, 4) is 0 Å². The number of carbonyl (C=O) groups is 1. The van der Waals surface area contributed by atoms with E-state index in [9.17, 15) is 4.79 Å². The summed E-state index contributed by atoms with van der Waals surface area (Å²) >= 11 is 4.92. The third-order valence-electron chi connectivity index (χ3n) is 2.65. The topological polar surface area (TPSA) is 68.0 Å². The first-order valence-electron chi connectivity index (χ1n) is 5.91. The van der Waals surface area contributed by atoms with Gasteiger partial charge in [-0.2, -0.15) is 0 Å². The number of amides is 1. The van der Waals surface area contributed by atoms with Gasteiger partial charge in [0.25, 0.3) is 0 Å². The van der Waals surface area contributed by atoms with E-state index in [4.69, 9.17) is 18.0 Å². The minimum Gasteiger partial charge on any atom is -0.393 e. The summed E-state index contributed by atoms with van der Waals surface area (Å²) in [6, 6.07) is 5.70. The van der Waals surface area contributed by atoms with Crippen molar-refractivity contribution in [1.82, 2.24) is 10.3 Å². The van der Waals surface area contributed by atoms with Gasteiger partial charge in [0, 0.05) is 5.69 Å². The molecule has 1 heterocycles. The molecule has 4 nitrogen and oxygen atoms in total. The fraction of sp³-hybridized carbons (Fsp3) is 0.462. The van der Waals surface area contributed by atoms with Crippen LogP contribution in [-0.4, -0.2) is 15.9 Å². The normalized spacial score (nSPS) is 12.2. The van der Waals surface area contributed by atoms with Crippen LogP contribution in [0.2, 0.25) is 0 Å². The monoisotopic (exact) mass is 265 g/mol. The Labute approximate surface area is 113 Å². The molecule has 18 heavy (non-hydrogen) atoms. The first kappa shape index (κ1) is 14.6. The standard InChI is InChI=1S/C13H19N3OS/c1-8(2)11(12(14)18)13(17)15-7-10-6-4-5-9(3)16-10/h4-6,8,11H,7H2,1-3H3,(H2,14,18)(H,15,17). The molecule has 0 aliphatic carbocycles. The lowest BCUT2D eigenvalue weighted by Gasteiger charge is -2.18. The summed E-state index contributed by atoms with van der Waals surface area (Å²) in [5.74, 6) is -0.474. The number of nitrogens with one attached hydrogen (secondary N) is 1. The van der Waals surface area contributed by atoms with Gasteiger partial charge in [-0.05, 0) is 25.0 Å². The molecule has 1 aromatic heterocycles. The van der Waals surface area contributed by atoms with Crippen LogP contribution < -0.4 is 11.1 Å². The SMILES string of the molecule is Cc1cccc(CNC(=O)C(C(N)=S)C(C)C)n1. The Balaban J connectivity index is 2.62. The Hall–Kier alpha value is -1.49. The van der Waals surface area contributed by atoms with Gasteiger partial charge in [0.05, 0.1) is 23.1 Å². The zero-order valence-corrected chi connectivity index (χ0v) is 11.8. The fourth-order valence-corrected chi connectivity index (χ4v) is 2.13. The Morgan fingerprint density at radius 3 is 2.67 bits per heavy atom. The van der Waals surface area contributed by atoms with Crippen molar-refractivity contribution in [3.05, 3.63) is 29.6 Å². The zero-order chi connectivity index (χ0) is 13.7. The Bertz CT molecular complexity index is 446. The van der Waals surface area contributed by atoms with Gasteiger partial charge in [-0.25, -0.2) is 0 Å². The van der Waals surface area contributed by atoms with E-state index in [0.717, 1.165) is 11.4 Å². The third-order valence-corrected chi connectivity index (χ3v) is 2.90. The van der Waals surface area contributed by atoms with E-state index in [1.54, 1.807) is 0 Å². The fourth-order valence-electron chi connectivity index (χ4n) is 1.75. The average Bonchev–Trinajstić information content (AvgIpc) is 2.25. The van der Waals surface area contributed by atoms with Gasteiger partial charge in [0.15, 0.2) is 0 Å². The number of nitrogens with zero attached hydrogens (tertiary/aromatic N) is 1. The maximum atomic E-state index is 12.0. The molecule has 1 amide bonds. The minimum absolute atomic E-state index is 0.0907. The van der Waals surface area contributed by atoms with Crippen LogP contribution in [0.5, 0.6) is 0 Å². The molecule has 0 spiro atoms. The van der Waals surface area contributed by atoms with Crippen molar-refractivity contribution < 1.29 is 4.79 Å². The molecule has 1 rings (SSSR count). The molecule has 5 heteroatoms. The second-order valence-corrected chi connectivity index (χ2v) is 5.08. The van der Waals surface area contributed by atoms with Crippen molar-refractivity contribution >= 4 is 23.1 Å². The van der Waals surface area contributed by atoms with E-state index < -0.39 is 5.92 Å². The molecule has 98 valence electrons. The van der Waals surface area contributed by atoms with Crippen molar-refractivity contribution in [2.45, 2.75) is 27.3 Å². The van der Waals surface area contributed by atoms with Gasteiger partial charge >= 0.3 is 0 Å². The van der Waals surface area contributed by atoms with Crippen LogP contribution in [0.3, 0.4) is 0 Å². The Morgan fingerprint density at radius 2 is 2.17 bits per heavy atom. The maximum Gasteiger partial charge on any atom is 0.230 e. The minimum atomic E-state index is -0.426. The summed E-state index contributed by atoms with van der Waals surface area (Å²) in [6.07, 6.45) is 0. The van der Waals surface area contributed by atoms with Crippen LogP contribution in [0.15, 0.2) is 18.2 Å². The van der Waals surface area contributed by atoms with Crippen LogP contribution in [-0.2, 0) is 11.3 Å². The summed E-state index contributed by atoms with van der Waals surface area (Å²) in [7, 11) is 0. The van der Waals surface area contributed by atoms with E-state index in [-0.39, 0.29) is 16.8 Å². The van der Waals surface area contributed by atoms with Gasteiger partial charge in [0.2, 0.25) is 5.91 Å². The molecule has 0 aromatic carbocycles. The molecule has 1 unspecified atom stereocenters. The van der Waals surface area contributed by atoms with Crippen LogP contribution in [0, 0.1) is 18.8 Å². The largest absolute Gasteiger partial charge is 0.393 e. The second kappa shape index (κ2) is 6.44. The summed E-state index contributed by atoms with van der Waals surface area (Å²) < 4.78 is 0. The van der Waals surface area contributed by atoms with Crippen LogP contribution >= 0.6 is 12.2 Å². The van der Waals surface area contributed by atoms with Crippen LogP contribution in [0.25, 0.3) is 0 Å². The predicted octanol–water partition coefficient (Wildman–Crippen LogP) is 1.56. The van der Waals surface area contributed by atoms with E-state index in [1.165, 1.54) is 0 Å². The van der Waals surface area contributed by atoms with Crippen molar-refractivity contribution in [2.75, 3.05) is 0 Å². The van der Waals surface area contributed by atoms with Gasteiger partial charge in [-0.3, -0.25) is 9.78 Å². The maximum absolute atomic E-state index is 12.0. The highest BCUT2D eigenvalue weighted by atomic mass is 32.1. The van der Waals surface area contributed by atoms with Crippen molar-refractivity contribution in [2.24, 2.45) is 17.6 Å². The molecule has 0 fully saturated rings. The lowest BCUT2D eigenvalue weighted by atomic mass is 9.95. The van der Waals surface area contributed by atoms with Gasteiger partial charge in [-0.1, -0.05) is 32.1 Å². The molecule has 0 aliphatic rings. The quantitative estimate of drug-likeness (QED) is 0.793. The summed E-state index contributed by atoms with van der Waals surface area (Å²) in [5.41, 5.74) is 7.34. The van der Waals surface area contributed by atoms with Crippen LogP contribution in [0.4, 0.5) is 0 Å². The Kier molecular flexibility index (Phi) is 5.22. The first-order chi connectivity index (χ1) is 8.41. The smallest absolute Gasteiger partial charge is 0.230 e. The highest BCUT2D eigenvalue weighted by molar-refractivity contribution is 7.80. The number of rotatable bonds is 5. The van der Waals surface area contributed by atoms with E-state index in [0.29, 0.717) is 6.54 Å². The molecule has 0 bridgehead atoms. The molecular formula is C13H19N3OS. The highest BCUT2D eigenvalue weighted by Gasteiger charge is 2.24. The van der Waals surface area contributed by atoms with Gasteiger partial charge in [-0.15, -0.1) is 0 Å². The third kappa shape index (κ3) is 4.07. The number of hydrogen-bond donors (Lipinski definition) is 2. The number of aromatic nitrogens is 1. The summed E-state index contributed by atoms with van der Waals surface area (Å²) in [6.45, 7) is 6.16. The molecule has 1 atom stereocenters. The molecular weight excluding hydrogens is 246 g/mol. The number of carbonyl (C=O) groups excluding carboxylic acids is 1. The summed E-state index contributed by atoms with van der Waals surface area (Å²) in [5, 5.41) is 2.82. The predicted molar refractivity (Wildman–Crippen MR) is 75.9 cm³/mol. The average molecular weight is 265 g/mol. The van der Waals surface area contributed by atoms with E-state index in [1.807, 2.05) is 39.0 Å². The number of hydrogen-bond acceptors (Lipinski definition) is 3. The molecule has 1 aromatic rings. The lowest BCUT2D eigenvalue weighted by molar-refractivity contribution is -0.124. The van der Waals surface area contributed by atoms with Crippen molar-refractivity contribution in [1.29, 1.82) is 0 Å². The van der Waals surface area contributed by atoms with Gasteiger partial charge < -0.3 is 11.1 Å². The molecule has 0 saturated heterocycles. The Morgan fingerprint density at radius 1 is 1.50 bits per heavy atom. The zero-order valence-electron chi connectivity index (χ0n) is 10.9. The van der Waals surface area contributed by atoms with Crippen LogP contribution in [0.1, 0.15) is 25.2 Å². The summed E-state index contributed by atoms with van der Waals surface area (Å²) in [4.78, 5) is 16.5. The molecule has 3 N–H and O–H groups in total.